The van der Waals surface area contributed by atoms with Crippen LogP contribution in [0.25, 0.3) is 0 Å². The van der Waals surface area contributed by atoms with Gasteiger partial charge < -0.3 is 14.6 Å². The minimum Gasteiger partial charge on any atom is -0.459 e. The van der Waals surface area contributed by atoms with Crippen molar-refractivity contribution in [2.75, 3.05) is 13.6 Å². The Hall–Kier alpha value is -2.08. The Morgan fingerprint density at radius 3 is 2.68 bits per heavy atom. The third-order valence-corrected chi connectivity index (χ3v) is 4.36. The van der Waals surface area contributed by atoms with E-state index < -0.39 is 0 Å². The number of likely N-dealkylation sites (N-methyl/N-ethyl adjacent to an activating group) is 1. The Kier molecular flexibility index (Phi) is 5.03. The second-order valence-corrected chi connectivity index (χ2v) is 6.76. The summed E-state index contributed by atoms with van der Waals surface area (Å²) in [5.41, 5.74) is 1.12. The average Bonchev–Trinajstić information content (AvgIpc) is 3.07. The molecule has 1 atom stereocenters. The molecule has 0 aliphatic rings. The summed E-state index contributed by atoms with van der Waals surface area (Å²) in [6, 6.07) is 5.23. The Morgan fingerprint density at radius 2 is 2.14 bits per heavy atom. The molecule has 22 heavy (non-hydrogen) atoms. The molecule has 1 N–H and O–H groups in total. The van der Waals surface area contributed by atoms with E-state index in [1.165, 1.54) is 20.9 Å². The number of thiophene rings is 1. The van der Waals surface area contributed by atoms with Gasteiger partial charge in [-0.15, -0.1) is 11.3 Å². The Bertz CT molecular complexity index is 661. The van der Waals surface area contributed by atoms with Crippen LogP contribution in [0.5, 0.6) is 0 Å². The predicted molar refractivity (Wildman–Crippen MR) is 86.0 cm³/mol. The minimum atomic E-state index is -0.310. The minimum absolute atomic E-state index is 0.00790. The van der Waals surface area contributed by atoms with Crippen molar-refractivity contribution in [1.82, 2.24) is 10.2 Å². The summed E-state index contributed by atoms with van der Waals surface area (Å²) in [4.78, 5) is 27.9. The van der Waals surface area contributed by atoms with Crippen molar-refractivity contribution in [2.45, 2.75) is 26.8 Å². The first-order valence-corrected chi connectivity index (χ1v) is 7.85. The lowest BCUT2D eigenvalue weighted by Crippen LogP contribution is -2.39. The predicted octanol–water partition coefficient (Wildman–Crippen LogP) is 2.91. The average molecular weight is 320 g/mol. The summed E-state index contributed by atoms with van der Waals surface area (Å²) >= 11 is 1.71. The van der Waals surface area contributed by atoms with Gasteiger partial charge in [-0.3, -0.25) is 9.59 Å². The van der Waals surface area contributed by atoms with Crippen LogP contribution in [-0.2, 0) is 4.79 Å². The molecule has 2 aromatic heterocycles. The smallest absolute Gasteiger partial charge is 0.289 e. The van der Waals surface area contributed by atoms with E-state index in [-0.39, 0.29) is 30.2 Å². The highest BCUT2D eigenvalue weighted by molar-refractivity contribution is 7.12. The highest BCUT2D eigenvalue weighted by atomic mass is 32.1. The molecule has 0 aliphatic heterocycles. The fraction of sp³-hybridized carbons (Fsp3) is 0.375. The molecule has 0 unspecified atom stereocenters. The van der Waals surface area contributed by atoms with Gasteiger partial charge in [0.1, 0.15) is 0 Å². The van der Waals surface area contributed by atoms with Gasteiger partial charge in [-0.1, -0.05) is 0 Å². The van der Waals surface area contributed by atoms with Gasteiger partial charge in [-0.05, 0) is 44.5 Å². The third-order valence-electron chi connectivity index (χ3n) is 3.38. The number of carbonyl (C=O) groups excluding carboxylic acids is 2. The molecule has 0 aliphatic carbocycles. The van der Waals surface area contributed by atoms with E-state index in [1.807, 2.05) is 20.8 Å². The summed E-state index contributed by atoms with van der Waals surface area (Å²) in [6.07, 6.45) is 1.44. The van der Waals surface area contributed by atoms with E-state index in [1.54, 1.807) is 30.5 Å². The number of rotatable bonds is 5. The maximum absolute atomic E-state index is 12.1. The number of aryl methyl sites for hydroxylation is 2. The number of carbonyl (C=O) groups is 2. The molecule has 2 amide bonds. The van der Waals surface area contributed by atoms with E-state index in [9.17, 15) is 9.59 Å². The van der Waals surface area contributed by atoms with E-state index in [0.717, 1.165) is 5.56 Å². The molecule has 118 valence electrons. The highest BCUT2D eigenvalue weighted by Crippen LogP contribution is 2.26. The number of nitrogens with zero attached hydrogens (tertiary/aromatic N) is 1. The monoisotopic (exact) mass is 320 g/mol. The largest absolute Gasteiger partial charge is 0.459 e. The number of hydrogen-bond donors (Lipinski definition) is 1. The van der Waals surface area contributed by atoms with E-state index in [0.29, 0.717) is 0 Å². The number of amides is 2. The second-order valence-electron chi connectivity index (χ2n) is 5.30. The fourth-order valence-electron chi connectivity index (χ4n) is 2.32. The normalized spacial score (nSPS) is 12.0. The van der Waals surface area contributed by atoms with Gasteiger partial charge in [0.25, 0.3) is 5.91 Å². The first-order valence-electron chi connectivity index (χ1n) is 7.03. The highest BCUT2D eigenvalue weighted by Gasteiger charge is 2.19. The Morgan fingerprint density at radius 1 is 1.41 bits per heavy atom. The molecule has 0 bridgehead atoms. The van der Waals surface area contributed by atoms with Crippen LogP contribution in [-0.4, -0.2) is 30.3 Å². The second kappa shape index (κ2) is 6.79. The lowest BCUT2D eigenvalue weighted by Gasteiger charge is -2.18. The first-order chi connectivity index (χ1) is 10.4. The molecule has 0 radical (unpaired) electrons. The molecule has 2 aromatic rings. The van der Waals surface area contributed by atoms with Gasteiger partial charge in [-0.2, -0.15) is 0 Å². The third kappa shape index (κ3) is 3.76. The summed E-state index contributed by atoms with van der Waals surface area (Å²) in [7, 11) is 1.58. The van der Waals surface area contributed by atoms with Gasteiger partial charge in [0.2, 0.25) is 5.91 Å². The molecule has 0 aromatic carbocycles. The summed E-state index contributed by atoms with van der Waals surface area (Å²) in [5.74, 6) is -0.277. The maximum Gasteiger partial charge on any atom is 0.289 e. The molecule has 2 rings (SSSR count). The van der Waals surface area contributed by atoms with Crippen molar-refractivity contribution in [3.63, 3.8) is 0 Å². The van der Waals surface area contributed by atoms with E-state index in [2.05, 4.69) is 11.4 Å². The van der Waals surface area contributed by atoms with Crippen LogP contribution in [0.2, 0.25) is 0 Å². The first kappa shape index (κ1) is 16.3. The molecule has 0 saturated heterocycles. The topological polar surface area (TPSA) is 62.6 Å². The van der Waals surface area contributed by atoms with Crippen LogP contribution in [0, 0.1) is 13.8 Å². The van der Waals surface area contributed by atoms with Crippen LogP contribution in [0.1, 0.15) is 38.8 Å². The van der Waals surface area contributed by atoms with Crippen LogP contribution in [0.15, 0.2) is 28.9 Å². The van der Waals surface area contributed by atoms with Crippen molar-refractivity contribution in [3.8, 4) is 0 Å². The number of furan rings is 1. The van der Waals surface area contributed by atoms with Crippen molar-refractivity contribution in [2.24, 2.45) is 0 Å². The molecule has 5 nitrogen and oxygen atoms in total. The van der Waals surface area contributed by atoms with Gasteiger partial charge in [0.15, 0.2) is 5.76 Å². The molecule has 0 saturated carbocycles. The van der Waals surface area contributed by atoms with Crippen molar-refractivity contribution in [1.29, 1.82) is 0 Å². The molecule has 6 heteroatoms. The summed E-state index contributed by atoms with van der Waals surface area (Å²) < 4.78 is 5.05. The van der Waals surface area contributed by atoms with Crippen molar-refractivity contribution in [3.05, 3.63) is 45.5 Å². The van der Waals surface area contributed by atoms with Gasteiger partial charge in [0.05, 0.1) is 18.8 Å². The fourth-order valence-corrected chi connectivity index (χ4v) is 3.34. The zero-order chi connectivity index (χ0) is 16.3. The molecule has 0 fully saturated rings. The van der Waals surface area contributed by atoms with Crippen LogP contribution < -0.4 is 5.32 Å². The standard InChI is InChI=1S/C16H20N2O3S/c1-10-8-13(12(3)22-10)11(2)17-15(19)9-18(4)16(20)14-6-5-7-21-14/h5-8,11H,9H2,1-4H3,(H,17,19)/t11-/m1/s1. The maximum atomic E-state index is 12.1. The van der Waals surface area contributed by atoms with Crippen LogP contribution >= 0.6 is 11.3 Å². The Labute approximate surface area is 133 Å². The van der Waals surface area contributed by atoms with E-state index in [4.69, 9.17) is 4.42 Å². The quantitative estimate of drug-likeness (QED) is 0.921. The molecule has 2 heterocycles. The molecule has 0 spiro atoms. The van der Waals surface area contributed by atoms with Crippen LogP contribution in [0.4, 0.5) is 0 Å². The van der Waals surface area contributed by atoms with Crippen molar-refractivity contribution < 1.29 is 14.0 Å². The number of hydrogen-bond acceptors (Lipinski definition) is 4. The van der Waals surface area contributed by atoms with Crippen LogP contribution in [0.3, 0.4) is 0 Å². The molecular weight excluding hydrogens is 300 g/mol. The van der Waals surface area contributed by atoms with E-state index >= 15 is 0 Å². The lowest BCUT2D eigenvalue weighted by atomic mass is 10.1. The lowest BCUT2D eigenvalue weighted by molar-refractivity contribution is -0.122. The van der Waals surface area contributed by atoms with Gasteiger partial charge >= 0.3 is 0 Å². The Balaban J connectivity index is 1.92. The zero-order valence-electron chi connectivity index (χ0n) is 13.2. The summed E-state index contributed by atoms with van der Waals surface area (Å²) in [6.45, 7) is 6.03. The summed E-state index contributed by atoms with van der Waals surface area (Å²) in [5, 5.41) is 2.92. The van der Waals surface area contributed by atoms with Crippen molar-refractivity contribution >= 4 is 23.2 Å². The SMILES string of the molecule is Cc1cc([C@@H](C)NC(=O)CN(C)C(=O)c2ccco2)c(C)s1. The van der Waals surface area contributed by atoms with Gasteiger partial charge in [-0.25, -0.2) is 0 Å². The molecular formula is C16H20N2O3S. The number of nitrogens with one attached hydrogen (secondary N) is 1. The zero-order valence-corrected chi connectivity index (χ0v) is 14.0. The van der Waals surface area contributed by atoms with Gasteiger partial charge in [0, 0.05) is 16.8 Å².